The molecule has 2 aromatic carbocycles. The minimum absolute atomic E-state index is 0.574. The summed E-state index contributed by atoms with van der Waals surface area (Å²) in [6, 6.07) is 14.4. The van der Waals surface area contributed by atoms with Crippen molar-refractivity contribution in [1.29, 1.82) is 0 Å². The maximum Gasteiger partial charge on any atom is 0.165 e. The highest BCUT2D eigenvalue weighted by molar-refractivity contribution is 5.52. The van der Waals surface area contributed by atoms with Crippen LogP contribution in [0.3, 0.4) is 0 Å². The Kier molecular flexibility index (Phi) is 4.41. The molecule has 0 fully saturated rings. The topological polar surface area (TPSA) is 30.5 Å². The van der Waals surface area contributed by atoms with Gasteiger partial charge in [0.05, 0.1) is 6.61 Å². The molecule has 1 aliphatic heterocycles. The van der Waals surface area contributed by atoms with E-state index in [0.717, 1.165) is 31.0 Å². The zero-order chi connectivity index (χ0) is 14.5. The van der Waals surface area contributed by atoms with Crippen LogP contribution in [0.2, 0.25) is 0 Å². The van der Waals surface area contributed by atoms with E-state index in [1.807, 2.05) is 31.2 Å². The molecule has 3 nitrogen and oxygen atoms in total. The summed E-state index contributed by atoms with van der Waals surface area (Å²) in [7, 11) is 0. The van der Waals surface area contributed by atoms with E-state index < -0.39 is 0 Å². The number of hydrogen-bond donors (Lipinski definition) is 1. The highest BCUT2D eigenvalue weighted by atomic mass is 16.5. The number of hydrogen-bond acceptors (Lipinski definition) is 3. The summed E-state index contributed by atoms with van der Waals surface area (Å²) < 4.78 is 11.9. The predicted octanol–water partition coefficient (Wildman–Crippen LogP) is 3.31. The first-order valence-corrected chi connectivity index (χ1v) is 7.53. The van der Waals surface area contributed by atoms with Gasteiger partial charge in [0.2, 0.25) is 0 Å². The Labute approximate surface area is 125 Å². The number of ether oxygens (including phenoxy) is 2. The van der Waals surface area contributed by atoms with E-state index in [1.54, 1.807) is 0 Å². The Morgan fingerprint density at radius 1 is 1.05 bits per heavy atom. The molecule has 1 aliphatic rings. The fourth-order valence-electron chi connectivity index (χ4n) is 2.68. The van der Waals surface area contributed by atoms with E-state index in [4.69, 9.17) is 9.47 Å². The molecule has 110 valence electrons. The highest BCUT2D eigenvalue weighted by Gasteiger charge is 2.18. The van der Waals surface area contributed by atoms with Gasteiger partial charge in [-0.15, -0.1) is 0 Å². The van der Waals surface area contributed by atoms with Crippen molar-refractivity contribution < 1.29 is 9.47 Å². The zero-order valence-corrected chi connectivity index (χ0v) is 12.4. The lowest BCUT2D eigenvalue weighted by Crippen LogP contribution is -2.24. The summed E-state index contributed by atoms with van der Waals surface area (Å²) >= 11 is 0. The normalized spacial score (nSPS) is 13.6. The molecule has 0 amide bonds. The predicted molar refractivity (Wildman–Crippen MR) is 83.8 cm³/mol. The van der Waals surface area contributed by atoms with Gasteiger partial charge in [-0.05, 0) is 37.1 Å². The molecule has 3 rings (SSSR count). The van der Waals surface area contributed by atoms with Crippen LogP contribution in [0, 0.1) is 0 Å². The molecule has 0 atom stereocenters. The summed E-state index contributed by atoms with van der Waals surface area (Å²) in [5.41, 5.74) is 3.77. The second-order valence-electron chi connectivity index (χ2n) is 5.16. The average molecular weight is 283 g/mol. The number of benzene rings is 2. The molecule has 0 spiro atoms. The minimum atomic E-state index is 0.574. The summed E-state index contributed by atoms with van der Waals surface area (Å²) in [6.45, 7) is 5.12. The van der Waals surface area contributed by atoms with Crippen molar-refractivity contribution in [3.05, 3.63) is 59.2 Å². The van der Waals surface area contributed by atoms with Gasteiger partial charge in [0.25, 0.3) is 0 Å². The van der Waals surface area contributed by atoms with Crippen molar-refractivity contribution in [1.82, 2.24) is 5.32 Å². The molecule has 0 saturated carbocycles. The monoisotopic (exact) mass is 283 g/mol. The van der Waals surface area contributed by atoms with Crippen LogP contribution < -0.4 is 14.8 Å². The fraction of sp³-hybridized carbons (Fsp3) is 0.333. The van der Waals surface area contributed by atoms with Gasteiger partial charge < -0.3 is 14.8 Å². The Bertz CT molecular complexity index is 596. The first-order chi connectivity index (χ1) is 10.4. The third kappa shape index (κ3) is 3.19. The van der Waals surface area contributed by atoms with Gasteiger partial charge in [0.15, 0.2) is 11.5 Å². The van der Waals surface area contributed by atoms with Gasteiger partial charge in [-0.1, -0.05) is 36.4 Å². The lowest BCUT2D eigenvalue weighted by molar-refractivity contribution is 0.265. The standard InChI is InChI=1S/C18H21NO2/c1-2-20-17-9-8-15-12-19-11-10-16(15)18(17)21-13-14-6-4-3-5-7-14/h3-9,19H,2,10-13H2,1H3. The summed E-state index contributed by atoms with van der Waals surface area (Å²) in [6.07, 6.45) is 0.986. The van der Waals surface area contributed by atoms with Gasteiger partial charge in [-0.2, -0.15) is 0 Å². The van der Waals surface area contributed by atoms with Crippen molar-refractivity contribution in [2.24, 2.45) is 0 Å². The van der Waals surface area contributed by atoms with E-state index in [0.29, 0.717) is 13.2 Å². The van der Waals surface area contributed by atoms with Crippen LogP contribution in [0.5, 0.6) is 11.5 Å². The van der Waals surface area contributed by atoms with E-state index in [-0.39, 0.29) is 0 Å². The third-order valence-corrected chi connectivity index (χ3v) is 3.71. The SMILES string of the molecule is CCOc1ccc2c(c1OCc1ccccc1)CCNC2. The number of rotatable bonds is 5. The smallest absolute Gasteiger partial charge is 0.165 e. The van der Waals surface area contributed by atoms with Gasteiger partial charge in [0.1, 0.15) is 6.61 Å². The van der Waals surface area contributed by atoms with Crippen LogP contribution in [-0.2, 0) is 19.6 Å². The fourth-order valence-corrected chi connectivity index (χ4v) is 2.68. The molecule has 2 aromatic rings. The zero-order valence-electron chi connectivity index (χ0n) is 12.4. The van der Waals surface area contributed by atoms with Gasteiger partial charge in [0, 0.05) is 12.1 Å². The molecule has 21 heavy (non-hydrogen) atoms. The second-order valence-corrected chi connectivity index (χ2v) is 5.16. The molecule has 0 saturated heterocycles. The van der Waals surface area contributed by atoms with E-state index >= 15 is 0 Å². The van der Waals surface area contributed by atoms with E-state index in [9.17, 15) is 0 Å². The molecule has 3 heteroatoms. The first kappa shape index (κ1) is 14.0. The van der Waals surface area contributed by atoms with Crippen molar-refractivity contribution >= 4 is 0 Å². The first-order valence-electron chi connectivity index (χ1n) is 7.53. The van der Waals surface area contributed by atoms with Crippen molar-refractivity contribution in [3.63, 3.8) is 0 Å². The quantitative estimate of drug-likeness (QED) is 0.913. The molecule has 0 unspecified atom stereocenters. The number of nitrogens with one attached hydrogen (secondary N) is 1. The van der Waals surface area contributed by atoms with Crippen molar-refractivity contribution in [2.75, 3.05) is 13.2 Å². The molecule has 1 N–H and O–H groups in total. The lowest BCUT2D eigenvalue weighted by atomic mass is 9.99. The Balaban J connectivity index is 1.87. The molecule has 0 aliphatic carbocycles. The Morgan fingerprint density at radius 2 is 1.90 bits per heavy atom. The van der Waals surface area contributed by atoms with Crippen LogP contribution in [0.4, 0.5) is 0 Å². The molecule has 1 heterocycles. The molecular formula is C18H21NO2. The van der Waals surface area contributed by atoms with Gasteiger partial charge >= 0.3 is 0 Å². The second kappa shape index (κ2) is 6.64. The molecular weight excluding hydrogens is 262 g/mol. The van der Waals surface area contributed by atoms with E-state index in [2.05, 4.69) is 23.5 Å². The van der Waals surface area contributed by atoms with E-state index in [1.165, 1.54) is 16.7 Å². The minimum Gasteiger partial charge on any atom is -0.490 e. The summed E-state index contributed by atoms with van der Waals surface area (Å²) in [4.78, 5) is 0. The summed E-state index contributed by atoms with van der Waals surface area (Å²) in [5, 5.41) is 3.40. The largest absolute Gasteiger partial charge is 0.490 e. The molecule has 0 radical (unpaired) electrons. The van der Waals surface area contributed by atoms with Crippen molar-refractivity contribution in [2.45, 2.75) is 26.5 Å². The molecule has 0 aromatic heterocycles. The Hall–Kier alpha value is -2.00. The average Bonchev–Trinajstić information content (AvgIpc) is 2.55. The maximum atomic E-state index is 6.12. The van der Waals surface area contributed by atoms with Crippen LogP contribution in [0.1, 0.15) is 23.6 Å². The number of fused-ring (bicyclic) bond motifs is 1. The van der Waals surface area contributed by atoms with Crippen LogP contribution >= 0.6 is 0 Å². The van der Waals surface area contributed by atoms with Crippen molar-refractivity contribution in [3.8, 4) is 11.5 Å². The lowest BCUT2D eigenvalue weighted by Gasteiger charge is -2.23. The highest BCUT2D eigenvalue weighted by Crippen LogP contribution is 2.36. The summed E-state index contributed by atoms with van der Waals surface area (Å²) in [5.74, 6) is 1.77. The van der Waals surface area contributed by atoms with Crippen LogP contribution in [-0.4, -0.2) is 13.2 Å². The third-order valence-electron chi connectivity index (χ3n) is 3.71. The maximum absolute atomic E-state index is 6.12. The van der Waals surface area contributed by atoms with Gasteiger partial charge in [-0.3, -0.25) is 0 Å². The van der Waals surface area contributed by atoms with Gasteiger partial charge in [-0.25, -0.2) is 0 Å². The van der Waals surface area contributed by atoms with Crippen LogP contribution in [0.15, 0.2) is 42.5 Å². The Morgan fingerprint density at radius 3 is 2.71 bits per heavy atom. The van der Waals surface area contributed by atoms with Crippen LogP contribution in [0.25, 0.3) is 0 Å². The molecule has 0 bridgehead atoms.